The number of hydrogen-bond acceptors (Lipinski definition) is 6. The lowest BCUT2D eigenvalue weighted by molar-refractivity contribution is 0.0626. The third-order valence-corrected chi connectivity index (χ3v) is 4.92. The Kier molecular flexibility index (Phi) is 4.61. The van der Waals surface area contributed by atoms with Crippen molar-refractivity contribution in [3.63, 3.8) is 0 Å². The maximum absolute atomic E-state index is 13.2. The van der Waals surface area contributed by atoms with E-state index in [0.717, 1.165) is 40.8 Å². The topological polar surface area (TPSA) is 75.4 Å². The molecule has 7 heteroatoms. The Hall–Kier alpha value is -2.80. The quantitative estimate of drug-likeness (QED) is 0.710. The highest BCUT2D eigenvalue weighted by Crippen LogP contribution is 2.22. The number of carbonyl (C=O) groups is 1. The van der Waals surface area contributed by atoms with E-state index in [1.54, 1.807) is 6.92 Å². The van der Waals surface area contributed by atoms with Crippen LogP contribution in [0.5, 0.6) is 0 Å². The summed E-state index contributed by atoms with van der Waals surface area (Å²) in [5, 5.41) is 4.87. The molecule has 1 aliphatic heterocycles. The van der Waals surface area contributed by atoms with Crippen LogP contribution in [0.3, 0.4) is 0 Å². The minimum absolute atomic E-state index is 0.0751. The van der Waals surface area contributed by atoms with Crippen molar-refractivity contribution in [3.05, 3.63) is 52.8 Å². The van der Waals surface area contributed by atoms with Crippen molar-refractivity contribution in [2.45, 2.75) is 27.3 Å². The van der Waals surface area contributed by atoms with Crippen LogP contribution in [-0.4, -0.2) is 57.0 Å². The van der Waals surface area contributed by atoms with E-state index < -0.39 is 0 Å². The van der Waals surface area contributed by atoms with E-state index in [1.807, 2.05) is 43.0 Å². The van der Waals surface area contributed by atoms with Gasteiger partial charge in [0.15, 0.2) is 5.82 Å². The summed E-state index contributed by atoms with van der Waals surface area (Å²) in [5.74, 6) is 1.35. The summed E-state index contributed by atoms with van der Waals surface area (Å²) in [6.07, 6.45) is 0. The number of carbonyl (C=O) groups excluding carboxylic acids is 1. The molecule has 3 heterocycles. The van der Waals surface area contributed by atoms with Crippen LogP contribution in [0.1, 0.15) is 33.3 Å². The Balaban J connectivity index is 1.49. The molecule has 0 spiro atoms. The van der Waals surface area contributed by atoms with Gasteiger partial charge in [0.05, 0.1) is 17.6 Å². The van der Waals surface area contributed by atoms with Crippen molar-refractivity contribution in [2.75, 3.05) is 26.2 Å². The third kappa shape index (κ3) is 3.68. The van der Waals surface area contributed by atoms with Gasteiger partial charge in [-0.25, -0.2) is 0 Å². The fourth-order valence-electron chi connectivity index (χ4n) is 3.53. The second-order valence-corrected chi connectivity index (χ2v) is 7.13. The zero-order valence-electron chi connectivity index (χ0n) is 15.9. The summed E-state index contributed by atoms with van der Waals surface area (Å²) in [5.41, 5.74) is 3.60. The number of fused-ring (bicyclic) bond motifs is 1. The molecule has 0 atom stereocenters. The summed E-state index contributed by atoms with van der Waals surface area (Å²) < 4.78 is 5.03. The van der Waals surface area contributed by atoms with Crippen molar-refractivity contribution in [2.24, 2.45) is 0 Å². The van der Waals surface area contributed by atoms with Crippen LogP contribution in [0.4, 0.5) is 0 Å². The van der Waals surface area contributed by atoms with Crippen molar-refractivity contribution in [3.8, 4) is 0 Å². The molecule has 1 aliphatic rings. The fourth-order valence-corrected chi connectivity index (χ4v) is 3.53. The molecule has 7 nitrogen and oxygen atoms in total. The normalized spacial score (nSPS) is 15.4. The smallest absolute Gasteiger partial charge is 0.254 e. The lowest BCUT2D eigenvalue weighted by Crippen LogP contribution is -2.48. The van der Waals surface area contributed by atoms with Crippen LogP contribution in [0.15, 0.2) is 28.8 Å². The van der Waals surface area contributed by atoms with Crippen LogP contribution in [-0.2, 0) is 6.54 Å². The average Bonchev–Trinajstić information content (AvgIpc) is 3.06. The van der Waals surface area contributed by atoms with Gasteiger partial charge < -0.3 is 9.42 Å². The van der Waals surface area contributed by atoms with E-state index in [0.29, 0.717) is 31.3 Å². The summed E-state index contributed by atoms with van der Waals surface area (Å²) in [6.45, 7) is 9.36. The molecule has 27 heavy (non-hydrogen) atoms. The molecule has 0 saturated carbocycles. The summed E-state index contributed by atoms with van der Waals surface area (Å²) in [6, 6.07) is 7.96. The number of nitrogens with zero attached hydrogens (tertiary/aromatic N) is 5. The monoisotopic (exact) mass is 365 g/mol. The van der Waals surface area contributed by atoms with E-state index in [1.165, 1.54) is 0 Å². The molecule has 2 aromatic heterocycles. The predicted octanol–water partition coefficient (Wildman–Crippen LogP) is 2.50. The van der Waals surface area contributed by atoms with Gasteiger partial charge in [0.25, 0.3) is 5.91 Å². The van der Waals surface area contributed by atoms with Gasteiger partial charge in [0.2, 0.25) is 5.89 Å². The number of aryl methyl sites for hydroxylation is 3. The predicted molar refractivity (Wildman–Crippen MR) is 101 cm³/mol. The molecule has 140 valence electrons. The second kappa shape index (κ2) is 7.08. The van der Waals surface area contributed by atoms with Gasteiger partial charge in [0, 0.05) is 44.2 Å². The molecule has 0 unspecified atom stereocenters. The molecule has 1 amide bonds. The Bertz CT molecular complexity index is 989. The van der Waals surface area contributed by atoms with Gasteiger partial charge in [0.1, 0.15) is 0 Å². The van der Waals surface area contributed by atoms with Crippen LogP contribution in [0.25, 0.3) is 10.9 Å². The van der Waals surface area contributed by atoms with E-state index in [4.69, 9.17) is 4.52 Å². The van der Waals surface area contributed by atoms with Gasteiger partial charge >= 0.3 is 0 Å². The van der Waals surface area contributed by atoms with Crippen molar-refractivity contribution < 1.29 is 9.32 Å². The van der Waals surface area contributed by atoms with Crippen LogP contribution < -0.4 is 0 Å². The highest BCUT2D eigenvalue weighted by molar-refractivity contribution is 6.06. The molecule has 1 fully saturated rings. The average molecular weight is 365 g/mol. The second-order valence-electron chi connectivity index (χ2n) is 7.13. The molecule has 4 rings (SSSR count). The number of pyridine rings is 1. The van der Waals surface area contributed by atoms with Gasteiger partial charge in [-0.15, -0.1) is 0 Å². The molecular formula is C20H23N5O2. The zero-order chi connectivity index (χ0) is 19.0. The molecule has 0 radical (unpaired) electrons. The van der Waals surface area contributed by atoms with Crippen molar-refractivity contribution >= 4 is 16.8 Å². The first kappa shape index (κ1) is 17.6. The van der Waals surface area contributed by atoms with Gasteiger partial charge in [-0.3, -0.25) is 14.7 Å². The summed E-state index contributed by atoms with van der Waals surface area (Å²) in [4.78, 5) is 26.2. The first-order chi connectivity index (χ1) is 13.0. The minimum Gasteiger partial charge on any atom is -0.340 e. The molecule has 0 N–H and O–H groups in total. The van der Waals surface area contributed by atoms with Gasteiger partial charge in [-0.2, -0.15) is 4.98 Å². The Morgan fingerprint density at radius 1 is 1.07 bits per heavy atom. The summed E-state index contributed by atoms with van der Waals surface area (Å²) in [7, 11) is 0. The van der Waals surface area contributed by atoms with Crippen molar-refractivity contribution in [1.29, 1.82) is 0 Å². The highest BCUT2D eigenvalue weighted by atomic mass is 16.5. The first-order valence-corrected chi connectivity index (χ1v) is 9.18. The third-order valence-electron chi connectivity index (χ3n) is 4.92. The highest BCUT2D eigenvalue weighted by Gasteiger charge is 2.24. The maximum Gasteiger partial charge on any atom is 0.254 e. The minimum atomic E-state index is 0.0751. The molecular weight excluding hydrogens is 342 g/mol. The lowest BCUT2D eigenvalue weighted by atomic mass is 10.0. The van der Waals surface area contributed by atoms with E-state index in [-0.39, 0.29) is 5.91 Å². The molecule has 1 saturated heterocycles. The number of aromatic nitrogens is 3. The zero-order valence-corrected chi connectivity index (χ0v) is 15.9. The largest absolute Gasteiger partial charge is 0.340 e. The summed E-state index contributed by atoms with van der Waals surface area (Å²) >= 11 is 0. The molecule has 3 aromatic rings. The number of benzene rings is 1. The fraction of sp³-hybridized carbons (Fsp3) is 0.400. The Labute approximate surface area is 158 Å². The SMILES string of the molecule is Cc1ccc2nc(C)cc(C(=O)N3CCN(Cc4noc(C)n4)CC3)c2c1. The van der Waals surface area contributed by atoms with E-state index in [2.05, 4.69) is 20.0 Å². The van der Waals surface area contributed by atoms with Gasteiger partial charge in [-0.1, -0.05) is 16.8 Å². The van der Waals surface area contributed by atoms with Crippen molar-refractivity contribution in [1.82, 2.24) is 24.9 Å². The van der Waals surface area contributed by atoms with Crippen LogP contribution in [0, 0.1) is 20.8 Å². The first-order valence-electron chi connectivity index (χ1n) is 9.18. The molecule has 0 bridgehead atoms. The van der Waals surface area contributed by atoms with E-state index in [9.17, 15) is 4.79 Å². The van der Waals surface area contributed by atoms with Crippen LogP contribution in [0.2, 0.25) is 0 Å². The molecule has 0 aliphatic carbocycles. The number of piperazine rings is 1. The lowest BCUT2D eigenvalue weighted by Gasteiger charge is -2.34. The number of rotatable bonds is 3. The molecule has 1 aromatic carbocycles. The Morgan fingerprint density at radius 2 is 1.85 bits per heavy atom. The Morgan fingerprint density at radius 3 is 2.56 bits per heavy atom. The number of hydrogen-bond donors (Lipinski definition) is 0. The maximum atomic E-state index is 13.2. The number of amides is 1. The van der Waals surface area contributed by atoms with Crippen LogP contribution >= 0.6 is 0 Å². The van der Waals surface area contributed by atoms with E-state index >= 15 is 0 Å². The standard InChI is InChI=1S/C20H23N5O2/c1-13-4-5-18-16(10-13)17(11-14(2)21-18)20(26)25-8-6-24(7-9-25)12-19-22-15(3)27-23-19/h4-5,10-11H,6-9,12H2,1-3H3. The van der Waals surface area contributed by atoms with Gasteiger partial charge in [-0.05, 0) is 32.0 Å².